The van der Waals surface area contributed by atoms with E-state index in [1.165, 1.54) is 4.90 Å². The Bertz CT molecular complexity index is 1260. The summed E-state index contributed by atoms with van der Waals surface area (Å²) in [5.74, 6) is -1.25. The van der Waals surface area contributed by atoms with Gasteiger partial charge in [-0.2, -0.15) is 0 Å². The molecule has 0 spiro atoms. The van der Waals surface area contributed by atoms with Crippen LogP contribution < -0.4 is 4.90 Å². The molecule has 4 nitrogen and oxygen atoms in total. The van der Waals surface area contributed by atoms with Gasteiger partial charge in [0.05, 0.1) is 17.0 Å². The van der Waals surface area contributed by atoms with Crippen molar-refractivity contribution < 1.29 is 14.7 Å². The number of benzene rings is 3. The summed E-state index contributed by atoms with van der Waals surface area (Å²) in [6, 6.07) is 20.5. The van der Waals surface area contributed by atoms with E-state index in [0.717, 1.165) is 16.3 Å². The van der Waals surface area contributed by atoms with E-state index in [0.29, 0.717) is 17.7 Å². The summed E-state index contributed by atoms with van der Waals surface area (Å²) in [5, 5.41) is 12.9. The maximum Gasteiger partial charge on any atom is 0.241 e. The summed E-state index contributed by atoms with van der Waals surface area (Å²) in [4.78, 5) is 28.6. The van der Waals surface area contributed by atoms with Crippen molar-refractivity contribution in [1.29, 1.82) is 0 Å². The SMILES string of the molecule is C=CC1=CC[C@H]2C(=O)N(c3ccccc3)C(=O)[C@@]2(C)[C@H]1c1ccc2ccccc2c1O. The van der Waals surface area contributed by atoms with Crippen LogP contribution in [0, 0.1) is 11.3 Å². The van der Waals surface area contributed by atoms with E-state index in [9.17, 15) is 14.7 Å². The number of carbonyl (C=O) groups excluding carboxylic acids is 2. The van der Waals surface area contributed by atoms with Crippen LogP contribution in [-0.4, -0.2) is 16.9 Å². The van der Waals surface area contributed by atoms with Gasteiger partial charge in [0.1, 0.15) is 5.75 Å². The highest BCUT2D eigenvalue weighted by molar-refractivity contribution is 6.24. The molecule has 3 aromatic rings. The van der Waals surface area contributed by atoms with E-state index in [1.807, 2.05) is 67.6 Å². The summed E-state index contributed by atoms with van der Waals surface area (Å²) < 4.78 is 0. The number of allylic oxidation sites excluding steroid dienone is 3. The molecular weight excluding hydrogens is 386 g/mol. The molecule has 0 radical (unpaired) electrons. The molecular formula is C27H23NO3. The van der Waals surface area contributed by atoms with Gasteiger partial charge in [-0.05, 0) is 36.4 Å². The maximum absolute atomic E-state index is 13.9. The molecule has 0 aromatic heterocycles. The molecule has 2 amide bonds. The Morgan fingerprint density at radius 2 is 1.74 bits per heavy atom. The van der Waals surface area contributed by atoms with Crippen LogP contribution in [0.15, 0.2) is 91.0 Å². The third-order valence-corrected chi connectivity index (χ3v) is 6.92. The first-order valence-electron chi connectivity index (χ1n) is 10.4. The summed E-state index contributed by atoms with van der Waals surface area (Å²) in [6.45, 7) is 5.82. The van der Waals surface area contributed by atoms with E-state index in [1.54, 1.807) is 18.2 Å². The number of hydrogen-bond donors (Lipinski definition) is 1. The number of imide groups is 1. The molecule has 5 rings (SSSR count). The summed E-state index contributed by atoms with van der Waals surface area (Å²) in [7, 11) is 0. The molecule has 0 saturated carbocycles. The molecule has 0 unspecified atom stereocenters. The number of hydrogen-bond acceptors (Lipinski definition) is 3. The Balaban J connectivity index is 1.72. The van der Waals surface area contributed by atoms with E-state index >= 15 is 0 Å². The molecule has 1 aliphatic carbocycles. The molecule has 2 aliphatic rings. The minimum absolute atomic E-state index is 0.149. The molecule has 31 heavy (non-hydrogen) atoms. The first kappa shape index (κ1) is 19.3. The van der Waals surface area contributed by atoms with Gasteiger partial charge < -0.3 is 5.11 Å². The van der Waals surface area contributed by atoms with E-state index in [-0.39, 0.29) is 17.6 Å². The van der Waals surface area contributed by atoms with Crippen LogP contribution >= 0.6 is 0 Å². The number of anilines is 1. The summed E-state index contributed by atoms with van der Waals surface area (Å²) in [6.07, 6.45) is 4.19. The number of phenolic OH excluding ortho intramolecular Hbond substituents is 1. The van der Waals surface area contributed by atoms with E-state index < -0.39 is 17.3 Å². The minimum atomic E-state index is -1.02. The zero-order valence-electron chi connectivity index (χ0n) is 17.3. The largest absolute Gasteiger partial charge is 0.507 e. The zero-order valence-corrected chi connectivity index (χ0v) is 17.3. The van der Waals surface area contributed by atoms with Gasteiger partial charge >= 0.3 is 0 Å². The highest BCUT2D eigenvalue weighted by atomic mass is 16.3. The number of carbonyl (C=O) groups is 2. The maximum atomic E-state index is 13.9. The molecule has 1 aliphatic heterocycles. The second-order valence-electron chi connectivity index (χ2n) is 8.45. The van der Waals surface area contributed by atoms with Crippen LogP contribution in [0.4, 0.5) is 5.69 Å². The number of aromatic hydroxyl groups is 1. The second-order valence-corrected chi connectivity index (χ2v) is 8.45. The Morgan fingerprint density at radius 1 is 1.03 bits per heavy atom. The first-order chi connectivity index (χ1) is 15.0. The molecule has 1 N–H and O–H groups in total. The number of amides is 2. The predicted octanol–water partition coefficient (Wildman–Crippen LogP) is 5.34. The zero-order chi connectivity index (χ0) is 21.8. The summed E-state index contributed by atoms with van der Waals surface area (Å²) >= 11 is 0. The van der Waals surface area contributed by atoms with E-state index in [4.69, 9.17) is 0 Å². The average Bonchev–Trinajstić information content (AvgIpc) is 3.00. The lowest BCUT2D eigenvalue weighted by Gasteiger charge is -2.40. The van der Waals surface area contributed by atoms with Gasteiger partial charge in [0, 0.05) is 16.9 Å². The lowest BCUT2D eigenvalue weighted by molar-refractivity contribution is -0.127. The highest BCUT2D eigenvalue weighted by Crippen LogP contribution is 2.58. The van der Waals surface area contributed by atoms with Crippen LogP contribution in [0.25, 0.3) is 10.8 Å². The topological polar surface area (TPSA) is 57.6 Å². The number of phenols is 1. The van der Waals surface area contributed by atoms with Gasteiger partial charge in [-0.15, -0.1) is 0 Å². The fourth-order valence-corrected chi connectivity index (χ4v) is 5.32. The van der Waals surface area contributed by atoms with Crippen LogP contribution in [0.3, 0.4) is 0 Å². The Kier molecular flexibility index (Phi) is 4.33. The quantitative estimate of drug-likeness (QED) is 0.594. The van der Waals surface area contributed by atoms with Crippen molar-refractivity contribution in [3.63, 3.8) is 0 Å². The molecule has 3 aromatic carbocycles. The van der Waals surface area contributed by atoms with Crippen molar-refractivity contribution >= 4 is 28.3 Å². The number of fused-ring (bicyclic) bond motifs is 2. The van der Waals surface area contributed by atoms with Gasteiger partial charge in [-0.3, -0.25) is 9.59 Å². The Labute approximate surface area is 181 Å². The van der Waals surface area contributed by atoms with Gasteiger partial charge in [-0.1, -0.05) is 73.3 Å². The lowest BCUT2D eigenvalue weighted by atomic mass is 9.59. The van der Waals surface area contributed by atoms with Gasteiger partial charge in [0.25, 0.3) is 0 Å². The smallest absolute Gasteiger partial charge is 0.241 e. The van der Waals surface area contributed by atoms with Crippen molar-refractivity contribution in [1.82, 2.24) is 0 Å². The second kappa shape index (κ2) is 6.95. The normalized spacial score (nSPS) is 25.5. The molecule has 0 bridgehead atoms. The van der Waals surface area contributed by atoms with Gasteiger partial charge in [-0.25, -0.2) is 4.90 Å². The molecule has 1 fully saturated rings. The third-order valence-electron chi connectivity index (χ3n) is 6.92. The fraction of sp³-hybridized carbons (Fsp3) is 0.185. The van der Waals surface area contributed by atoms with Gasteiger partial charge in [0.2, 0.25) is 11.8 Å². The molecule has 1 heterocycles. The molecule has 3 atom stereocenters. The van der Waals surface area contributed by atoms with Crippen molar-refractivity contribution in [3.8, 4) is 5.75 Å². The van der Waals surface area contributed by atoms with Crippen LogP contribution in [-0.2, 0) is 9.59 Å². The number of nitrogens with zero attached hydrogens (tertiary/aromatic N) is 1. The van der Waals surface area contributed by atoms with Crippen molar-refractivity contribution in [2.24, 2.45) is 11.3 Å². The first-order valence-corrected chi connectivity index (χ1v) is 10.4. The number of rotatable bonds is 3. The third kappa shape index (κ3) is 2.61. The monoisotopic (exact) mass is 409 g/mol. The van der Waals surface area contributed by atoms with Crippen molar-refractivity contribution in [3.05, 3.63) is 96.6 Å². The minimum Gasteiger partial charge on any atom is -0.507 e. The summed E-state index contributed by atoms with van der Waals surface area (Å²) in [5.41, 5.74) is 1.06. The molecule has 4 heteroatoms. The average molecular weight is 409 g/mol. The predicted molar refractivity (Wildman–Crippen MR) is 122 cm³/mol. The Hall–Kier alpha value is -3.66. The van der Waals surface area contributed by atoms with Crippen molar-refractivity contribution in [2.45, 2.75) is 19.3 Å². The van der Waals surface area contributed by atoms with E-state index in [2.05, 4.69) is 6.58 Å². The highest BCUT2D eigenvalue weighted by Gasteiger charge is 2.62. The van der Waals surface area contributed by atoms with Crippen LogP contribution in [0.5, 0.6) is 5.75 Å². The van der Waals surface area contributed by atoms with Gasteiger partial charge in [0.15, 0.2) is 0 Å². The molecule has 154 valence electrons. The lowest BCUT2D eigenvalue weighted by Crippen LogP contribution is -2.41. The Morgan fingerprint density at radius 3 is 2.48 bits per heavy atom. The standard InChI is InChI=1S/C27H23NO3/c1-3-17-14-16-22-25(30)28(19-10-5-4-6-11-19)26(31)27(22,2)23(17)21-15-13-18-9-7-8-12-20(18)24(21)29/h3-15,22-23,29H,1,16H2,2H3/t22-,23+,27+/m0/s1. The number of para-hydroxylation sites is 1. The molecule has 1 saturated heterocycles. The van der Waals surface area contributed by atoms with Crippen molar-refractivity contribution in [2.75, 3.05) is 4.90 Å². The van der Waals surface area contributed by atoms with Crippen LogP contribution in [0.1, 0.15) is 24.8 Å². The van der Waals surface area contributed by atoms with Crippen LogP contribution in [0.2, 0.25) is 0 Å². The fourth-order valence-electron chi connectivity index (χ4n) is 5.32.